The number of hydrogen-bond acceptors (Lipinski definition) is 5. The quantitative estimate of drug-likeness (QED) is 0.602. The number of carbonyl (C=O) groups is 1. The number of piperidine rings is 1. The Morgan fingerprint density at radius 3 is 2.65 bits per heavy atom. The zero-order chi connectivity index (χ0) is 22.6. The van der Waals surface area contributed by atoms with Crippen molar-refractivity contribution in [2.45, 2.75) is 65.8 Å². The van der Waals surface area contributed by atoms with Crippen molar-refractivity contribution in [1.82, 2.24) is 24.1 Å². The Labute approximate surface area is 190 Å². The summed E-state index contributed by atoms with van der Waals surface area (Å²) in [6.07, 6.45) is 3.75. The molecule has 1 aliphatic rings. The number of rotatable bonds is 6. The van der Waals surface area contributed by atoms with Gasteiger partial charge in [-0.25, -0.2) is 9.48 Å². The van der Waals surface area contributed by atoms with Crippen LogP contribution < -0.4 is 0 Å². The fourth-order valence-corrected chi connectivity index (χ4v) is 4.17. The second-order valence-corrected chi connectivity index (χ2v) is 9.94. The summed E-state index contributed by atoms with van der Waals surface area (Å²) >= 11 is 5.66. The number of benzene rings is 1. The highest BCUT2D eigenvalue weighted by molar-refractivity contribution is 7.71. The van der Waals surface area contributed by atoms with Gasteiger partial charge in [-0.05, 0) is 84.3 Å². The highest BCUT2D eigenvalue weighted by atomic mass is 32.1. The normalized spacial score (nSPS) is 17.7. The summed E-state index contributed by atoms with van der Waals surface area (Å²) in [4.78, 5) is 16.9. The van der Waals surface area contributed by atoms with Gasteiger partial charge in [-0.3, -0.25) is 9.47 Å². The molecular formula is C23H35N5O2S. The van der Waals surface area contributed by atoms with Gasteiger partial charge in [0.2, 0.25) is 4.77 Å². The minimum absolute atomic E-state index is 0.0976. The number of ether oxygens (including phenoxy) is 1. The molecule has 1 aliphatic heterocycles. The van der Waals surface area contributed by atoms with Gasteiger partial charge in [0.05, 0.1) is 6.67 Å². The molecule has 1 aromatic heterocycles. The van der Waals surface area contributed by atoms with Crippen molar-refractivity contribution in [1.29, 1.82) is 0 Å². The lowest BCUT2D eigenvalue weighted by Gasteiger charge is -2.37. The zero-order valence-corrected chi connectivity index (χ0v) is 20.1. The van der Waals surface area contributed by atoms with Gasteiger partial charge in [0.15, 0.2) is 0 Å². The van der Waals surface area contributed by atoms with Gasteiger partial charge in [-0.15, -0.1) is 0 Å². The average Bonchev–Trinajstić information content (AvgIpc) is 3.06. The largest absolute Gasteiger partial charge is 0.444 e. The van der Waals surface area contributed by atoms with Crippen molar-refractivity contribution in [3.8, 4) is 5.69 Å². The second-order valence-electron chi connectivity index (χ2n) is 9.57. The molecule has 0 aliphatic carbocycles. The molecule has 2 heterocycles. The molecule has 170 valence electrons. The summed E-state index contributed by atoms with van der Waals surface area (Å²) in [7, 11) is 0. The van der Waals surface area contributed by atoms with E-state index in [1.165, 1.54) is 0 Å². The van der Waals surface area contributed by atoms with Crippen LogP contribution in [0.25, 0.3) is 5.69 Å². The molecule has 7 nitrogen and oxygen atoms in total. The maximum absolute atomic E-state index is 12.7. The molecule has 8 heteroatoms. The zero-order valence-electron chi connectivity index (χ0n) is 19.3. The van der Waals surface area contributed by atoms with Crippen LogP contribution in [0.2, 0.25) is 0 Å². The standard InChI is InChI=1S/C23H35N5O2S/c1-18(2)26(22(29)30-23(3,4)5)15-19-10-9-13-25(14-19)17-28-21(31)27(16-24-28)20-11-7-6-8-12-20/h6-8,11-12,16,18-19H,9-10,13-15,17H2,1-5H3. The van der Waals surface area contributed by atoms with Crippen LogP contribution in [0.15, 0.2) is 36.7 Å². The van der Waals surface area contributed by atoms with E-state index >= 15 is 0 Å². The first-order valence-electron chi connectivity index (χ1n) is 11.1. The molecule has 1 unspecified atom stereocenters. The first-order valence-corrected chi connectivity index (χ1v) is 11.5. The summed E-state index contributed by atoms with van der Waals surface area (Å²) < 4.78 is 10.1. The van der Waals surface area contributed by atoms with E-state index in [4.69, 9.17) is 17.0 Å². The van der Waals surface area contributed by atoms with Crippen LogP contribution in [0.4, 0.5) is 4.79 Å². The SMILES string of the molecule is CC(C)N(CC1CCCN(Cn2ncn(-c3ccccc3)c2=S)C1)C(=O)OC(C)(C)C. The number of likely N-dealkylation sites (tertiary alicyclic amines) is 1. The van der Waals surface area contributed by atoms with Crippen LogP contribution in [0.5, 0.6) is 0 Å². The van der Waals surface area contributed by atoms with Crippen LogP contribution in [-0.2, 0) is 11.4 Å². The Bertz CT molecular complexity index is 916. The first kappa shape index (κ1) is 23.5. The van der Waals surface area contributed by atoms with E-state index in [1.807, 2.05) is 79.1 Å². The molecule has 1 saturated heterocycles. The molecular weight excluding hydrogens is 410 g/mol. The third-order valence-electron chi connectivity index (χ3n) is 5.41. The Hall–Kier alpha value is -2.19. The van der Waals surface area contributed by atoms with Crippen molar-refractivity contribution in [2.75, 3.05) is 19.6 Å². The summed E-state index contributed by atoms with van der Waals surface area (Å²) in [6.45, 7) is 13.1. The average molecular weight is 446 g/mol. The lowest BCUT2D eigenvalue weighted by atomic mass is 9.97. The van der Waals surface area contributed by atoms with E-state index < -0.39 is 5.60 Å². The maximum atomic E-state index is 12.7. The Morgan fingerprint density at radius 1 is 1.29 bits per heavy atom. The summed E-state index contributed by atoms with van der Waals surface area (Å²) in [5.74, 6) is 0.397. The number of aromatic nitrogens is 3. The van der Waals surface area contributed by atoms with Crippen molar-refractivity contribution in [3.05, 3.63) is 41.4 Å². The minimum atomic E-state index is -0.489. The van der Waals surface area contributed by atoms with Crippen molar-refractivity contribution in [3.63, 3.8) is 0 Å². The van der Waals surface area contributed by atoms with Crippen LogP contribution in [-0.4, -0.2) is 61.5 Å². The molecule has 0 N–H and O–H groups in total. The van der Waals surface area contributed by atoms with Crippen molar-refractivity contribution >= 4 is 18.3 Å². The van der Waals surface area contributed by atoms with E-state index in [-0.39, 0.29) is 12.1 Å². The molecule has 0 saturated carbocycles. The van der Waals surface area contributed by atoms with Gasteiger partial charge in [0, 0.05) is 24.8 Å². The second kappa shape index (κ2) is 9.96. The molecule has 1 fully saturated rings. The Morgan fingerprint density at radius 2 is 2.00 bits per heavy atom. The highest BCUT2D eigenvalue weighted by Crippen LogP contribution is 2.21. The van der Waals surface area contributed by atoms with E-state index in [9.17, 15) is 4.79 Å². The first-order chi connectivity index (χ1) is 14.6. The smallest absolute Gasteiger partial charge is 0.410 e. The van der Waals surface area contributed by atoms with Gasteiger partial charge in [0.1, 0.15) is 11.9 Å². The number of para-hydroxylation sites is 1. The number of amides is 1. The topological polar surface area (TPSA) is 55.5 Å². The highest BCUT2D eigenvalue weighted by Gasteiger charge is 2.29. The van der Waals surface area contributed by atoms with Gasteiger partial charge in [-0.1, -0.05) is 18.2 Å². The molecule has 2 aromatic rings. The molecule has 31 heavy (non-hydrogen) atoms. The molecule has 0 radical (unpaired) electrons. The van der Waals surface area contributed by atoms with Crippen LogP contribution in [0, 0.1) is 10.7 Å². The van der Waals surface area contributed by atoms with Crippen LogP contribution in [0.3, 0.4) is 0 Å². The monoisotopic (exact) mass is 445 g/mol. The van der Waals surface area contributed by atoms with E-state index in [2.05, 4.69) is 10.00 Å². The fourth-order valence-electron chi connectivity index (χ4n) is 3.91. The molecule has 1 amide bonds. The van der Waals surface area contributed by atoms with Gasteiger partial charge >= 0.3 is 6.09 Å². The van der Waals surface area contributed by atoms with Crippen LogP contribution >= 0.6 is 12.2 Å². The Kier molecular flexibility index (Phi) is 7.54. The van der Waals surface area contributed by atoms with Gasteiger partial charge in [0.25, 0.3) is 0 Å². The lowest BCUT2D eigenvalue weighted by Crippen LogP contribution is -2.47. The summed E-state index contributed by atoms with van der Waals surface area (Å²) in [5.41, 5.74) is 0.525. The molecule has 1 aromatic carbocycles. The molecule has 1 atom stereocenters. The van der Waals surface area contributed by atoms with Crippen molar-refractivity contribution in [2.24, 2.45) is 5.92 Å². The van der Waals surface area contributed by atoms with Gasteiger partial charge in [-0.2, -0.15) is 5.10 Å². The Balaban J connectivity index is 1.64. The minimum Gasteiger partial charge on any atom is -0.444 e. The van der Waals surface area contributed by atoms with Gasteiger partial charge < -0.3 is 9.64 Å². The number of nitrogens with zero attached hydrogens (tertiary/aromatic N) is 5. The summed E-state index contributed by atoms with van der Waals surface area (Å²) in [5, 5.41) is 4.52. The molecule has 3 rings (SSSR count). The number of carbonyl (C=O) groups excluding carboxylic acids is 1. The summed E-state index contributed by atoms with van der Waals surface area (Å²) in [6, 6.07) is 10.1. The van der Waals surface area contributed by atoms with Crippen LogP contribution in [0.1, 0.15) is 47.5 Å². The fraction of sp³-hybridized carbons (Fsp3) is 0.609. The number of hydrogen-bond donors (Lipinski definition) is 0. The van der Waals surface area contributed by atoms with Crippen molar-refractivity contribution < 1.29 is 9.53 Å². The predicted molar refractivity (Wildman–Crippen MR) is 125 cm³/mol. The van der Waals surface area contributed by atoms with E-state index in [0.29, 0.717) is 23.9 Å². The van der Waals surface area contributed by atoms with E-state index in [1.54, 1.807) is 6.33 Å². The predicted octanol–water partition coefficient (Wildman–Crippen LogP) is 4.72. The third-order valence-corrected chi connectivity index (χ3v) is 5.82. The molecule has 0 bridgehead atoms. The third kappa shape index (κ3) is 6.40. The van der Waals surface area contributed by atoms with E-state index in [0.717, 1.165) is 31.6 Å². The lowest BCUT2D eigenvalue weighted by molar-refractivity contribution is 0.0108. The molecule has 0 spiro atoms. The maximum Gasteiger partial charge on any atom is 0.410 e.